The van der Waals surface area contributed by atoms with Crippen LogP contribution in [0.5, 0.6) is 17.2 Å². The SMILES string of the molecule is CCn1c(=O)c(-c2c(Cl)c(OC)cc(OC)c2Cl)cc2cnc(-c3cc(N)c(N4CCC5(CCOCC5)C4)cc3OC)nc21. The molecule has 2 aliphatic heterocycles. The summed E-state index contributed by atoms with van der Waals surface area (Å²) in [5.74, 6) is 1.66. The van der Waals surface area contributed by atoms with E-state index in [1.165, 1.54) is 14.2 Å². The third kappa shape index (κ3) is 5.08. The Morgan fingerprint density at radius 2 is 1.64 bits per heavy atom. The third-order valence-electron chi connectivity index (χ3n) is 8.91. The van der Waals surface area contributed by atoms with Crippen molar-refractivity contribution in [3.63, 3.8) is 0 Å². The first-order valence-electron chi connectivity index (χ1n) is 14.6. The van der Waals surface area contributed by atoms with Crippen LogP contribution in [-0.2, 0) is 11.3 Å². The Balaban J connectivity index is 1.43. The lowest BCUT2D eigenvalue weighted by Gasteiger charge is -2.33. The van der Waals surface area contributed by atoms with Gasteiger partial charge in [0.15, 0.2) is 5.82 Å². The highest BCUT2D eigenvalue weighted by Crippen LogP contribution is 2.47. The molecule has 2 aromatic heterocycles. The third-order valence-corrected chi connectivity index (χ3v) is 9.66. The number of nitrogens with zero attached hydrogens (tertiary/aromatic N) is 4. The summed E-state index contributed by atoms with van der Waals surface area (Å²) in [4.78, 5) is 25.8. The summed E-state index contributed by atoms with van der Waals surface area (Å²) in [6.45, 7) is 5.70. The number of aromatic nitrogens is 3. The van der Waals surface area contributed by atoms with Crippen molar-refractivity contribution in [3.05, 3.63) is 50.9 Å². The van der Waals surface area contributed by atoms with Gasteiger partial charge in [-0.1, -0.05) is 23.2 Å². The first-order valence-corrected chi connectivity index (χ1v) is 15.3. The van der Waals surface area contributed by atoms with E-state index in [1.807, 2.05) is 19.1 Å². The molecule has 6 rings (SSSR count). The Morgan fingerprint density at radius 3 is 2.27 bits per heavy atom. The van der Waals surface area contributed by atoms with E-state index in [9.17, 15) is 4.79 Å². The highest BCUT2D eigenvalue weighted by atomic mass is 35.5. The summed E-state index contributed by atoms with van der Waals surface area (Å²) in [7, 11) is 4.59. The van der Waals surface area contributed by atoms with E-state index in [0.717, 1.165) is 51.3 Å². The summed E-state index contributed by atoms with van der Waals surface area (Å²) in [6.07, 6.45) is 4.91. The molecular weight excluding hydrogens is 605 g/mol. The number of halogens is 2. The molecule has 44 heavy (non-hydrogen) atoms. The van der Waals surface area contributed by atoms with Gasteiger partial charge in [-0.05, 0) is 43.7 Å². The standard InChI is InChI=1S/C32H35Cl2N5O5/c1-5-39-30-18(12-20(31(39)40)26-27(33)24(42-3)15-25(43-4)28(26)34)16-36-29(37-30)19-13-21(35)22(14-23(19)41-2)38-9-6-32(17-38)7-10-44-11-8-32/h12-16H,5-11,17,35H2,1-4H3. The van der Waals surface area contributed by atoms with Gasteiger partial charge in [0, 0.05) is 62.1 Å². The second-order valence-corrected chi connectivity index (χ2v) is 12.0. The normalized spacial score (nSPS) is 16.1. The van der Waals surface area contributed by atoms with E-state index in [-0.39, 0.29) is 26.6 Å². The van der Waals surface area contributed by atoms with Crippen LogP contribution in [0.2, 0.25) is 10.0 Å². The van der Waals surface area contributed by atoms with Crippen LogP contribution in [0.1, 0.15) is 26.2 Å². The maximum absolute atomic E-state index is 13.9. The second kappa shape index (κ2) is 12.0. The van der Waals surface area contributed by atoms with Gasteiger partial charge in [0.25, 0.3) is 5.56 Å². The maximum Gasteiger partial charge on any atom is 0.260 e. The Labute approximate surface area is 265 Å². The van der Waals surface area contributed by atoms with E-state index in [1.54, 1.807) is 30.0 Å². The monoisotopic (exact) mass is 639 g/mol. The summed E-state index contributed by atoms with van der Waals surface area (Å²) in [5, 5.41) is 1.04. The molecule has 0 radical (unpaired) electrons. The second-order valence-electron chi connectivity index (χ2n) is 11.3. The first-order chi connectivity index (χ1) is 21.2. The first kappa shape index (κ1) is 30.3. The zero-order valence-corrected chi connectivity index (χ0v) is 26.7. The Kier molecular flexibility index (Phi) is 8.26. The van der Waals surface area contributed by atoms with Crippen molar-refractivity contribution in [2.24, 2.45) is 5.41 Å². The molecule has 2 saturated heterocycles. The highest BCUT2D eigenvalue weighted by molar-refractivity contribution is 6.41. The van der Waals surface area contributed by atoms with E-state index < -0.39 is 0 Å². The number of anilines is 2. The van der Waals surface area contributed by atoms with E-state index in [2.05, 4.69) is 9.88 Å². The van der Waals surface area contributed by atoms with Crippen molar-refractivity contribution in [1.82, 2.24) is 14.5 Å². The van der Waals surface area contributed by atoms with Gasteiger partial charge >= 0.3 is 0 Å². The fourth-order valence-electron chi connectivity index (χ4n) is 6.44. The predicted molar refractivity (Wildman–Crippen MR) is 174 cm³/mol. The summed E-state index contributed by atoms with van der Waals surface area (Å²) in [5.41, 5.74) is 9.85. The molecule has 1 spiro atoms. The van der Waals surface area contributed by atoms with Crippen LogP contribution < -0.4 is 30.4 Å². The van der Waals surface area contributed by atoms with Crippen LogP contribution in [0.25, 0.3) is 33.5 Å². The van der Waals surface area contributed by atoms with Crippen molar-refractivity contribution in [2.75, 3.05) is 58.3 Å². The minimum absolute atomic E-state index is 0.205. The molecular formula is C32H35Cl2N5O5. The van der Waals surface area contributed by atoms with Crippen molar-refractivity contribution in [2.45, 2.75) is 32.7 Å². The number of pyridine rings is 1. The molecule has 2 N–H and O–H groups in total. The molecule has 2 aromatic carbocycles. The van der Waals surface area contributed by atoms with Crippen LogP contribution >= 0.6 is 23.2 Å². The smallest absolute Gasteiger partial charge is 0.260 e. The van der Waals surface area contributed by atoms with Crippen LogP contribution in [0.15, 0.2) is 35.3 Å². The van der Waals surface area contributed by atoms with E-state index in [0.29, 0.717) is 57.5 Å². The molecule has 232 valence electrons. The lowest BCUT2D eigenvalue weighted by atomic mass is 9.80. The molecule has 0 unspecified atom stereocenters. The molecule has 0 bridgehead atoms. The Morgan fingerprint density at radius 1 is 0.955 bits per heavy atom. The van der Waals surface area contributed by atoms with Crippen LogP contribution in [0.3, 0.4) is 0 Å². The number of benzene rings is 2. The Bertz CT molecular complexity index is 1780. The molecule has 12 heteroatoms. The average molecular weight is 641 g/mol. The lowest BCUT2D eigenvalue weighted by molar-refractivity contribution is 0.0254. The number of aryl methyl sites for hydroxylation is 1. The average Bonchev–Trinajstić information content (AvgIpc) is 3.43. The van der Waals surface area contributed by atoms with Gasteiger partial charge in [0.2, 0.25) is 0 Å². The molecule has 4 aromatic rings. The highest BCUT2D eigenvalue weighted by Gasteiger charge is 2.40. The zero-order chi connectivity index (χ0) is 31.2. The minimum Gasteiger partial charge on any atom is -0.496 e. The number of nitrogens with two attached hydrogens (primary N) is 1. The number of hydrogen-bond acceptors (Lipinski definition) is 9. The van der Waals surface area contributed by atoms with Gasteiger partial charge in [0.05, 0.1) is 53.9 Å². The number of hydrogen-bond donors (Lipinski definition) is 1. The summed E-state index contributed by atoms with van der Waals surface area (Å²) < 4.78 is 23.8. The van der Waals surface area contributed by atoms with Crippen LogP contribution in [0, 0.1) is 5.41 Å². The molecule has 2 fully saturated rings. The summed E-state index contributed by atoms with van der Waals surface area (Å²) >= 11 is 13.3. The minimum atomic E-state index is -0.318. The van der Waals surface area contributed by atoms with Crippen LogP contribution in [-0.4, -0.2) is 62.2 Å². The van der Waals surface area contributed by atoms with Crippen molar-refractivity contribution in [1.29, 1.82) is 0 Å². The van der Waals surface area contributed by atoms with Gasteiger partial charge in [0.1, 0.15) is 22.9 Å². The molecule has 0 amide bonds. The van der Waals surface area contributed by atoms with Crippen LogP contribution in [0.4, 0.5) is 11.4 Å². The number of methoxy groups -OCH3 is 3. The maximum atomic E-state index is 13.9. The molecule has 4 heterocycles. The van der Waals surface area contributed by atoms with Gasteiger partial charge < -0.3 is 29.6 Å². The molecule has 0 atom stereocenters. The number of rotatable bonds is 7. The van der Waals surface area contributed by atoms with Crippen molar-refractivity contribution in [3.8, 4) is 39.8 Å². The molecule has 0 saturated carbocycles. The number of nitrogen functional groups attached to an aromatic ring is 1. The summed E-state index contributed by atoms with van der Waals surface area (Å²) in [6, 6.07) is 7.09. The van der Waals surface area contributed by atoms with Gasteiger partial charge in [-0.25, -0.2) is 9.97 Å². The molecule has 10 nitrogen and oxygen atoms in total. The van der Waals surface area contributed by atoms with Gasteiger partial charge in [-0.3, -0.25) is 9.36 Å². The van der Waals surface area contributed by atoms with E-state index in [4.69, 9.17) is 52.9 Å². The van der Waals surface area contributed by atoms with Gasteiger partial charge in [-0.15, -0.1) is 0 Å². The lowest BCUT2D eigenvalue weighted by Crippen LogP contribution is -2.33. The molecule has 2 aliphatic rings. The Hall–Kier alpha value is -3.73. The number of ether oxygens (including phenoxy) is 4. The largest absolute Gasteiger partial charge is 0.496 e. The van der Waals surface area contributed by atoms with Crippen molar-refractivity contribution < 1.29 is 18.9 Å². The predicted octanol–water partition coefficient (Wildman–Crippen LogP) is 6.07. The molecule has 0 aliphatic carbocycles. The fourth-order valence-corrected chi connectivity index (χ4v) is 7.14. The topological polar surface area (TPSA) is 114 Å². The fraction of sp³-hybridized carbons (Fsp3) is 0.406. The van der Waals surface area contributed by atoms with Crippen molar-refractivity contribution >= 4 is 45.6 Å². The van der Waals surface area contributed by atoms with Gasteiger partial charge in [-0.2, -0.15) is 0 Å². The number of fused-ring (bicyclic) bond motifs is 1. The zero-order valence-electron chi connectivity index (χ0n) is 25.2. The quantitative estimate of drug-likeness (QED) is 0.241. The van der Waals surface area contributed by atoms with E-state index >= 15 is 0 Å².